The molecule has 0 aliphatic carbocycles. The Morgan fingerprint density at radius 3 is 2.39 bits per heavy atom. The highest BCUT2D eigenvalue weighted by atomic mass is 19.1. The summed E-state index contributed by atoms with van der Waals surface area (Å²) in [5, 5.41) is 5.73. The predicted octanol–water partition coefficient (Wildman–Crippen LogP) is 4.92. The zero-order valence-electron chi connectivity index (χ0n) is 18.2. The first kappa shape index (κ1) is 22.6. The third-order valence-corrected chi connectivity index (χ3v) is 6.15. The molecule has 0 unspecified atom stereocenters. The normalized spacial score (nSPS) is 17.6. The summed E-state index contributed by atoms with van der Waals surface area (Å²) in [5.74, 6) is -1.39. The summed E-state index contributed by atoms with van der Waals surface area (Å²) >= 11 is 0. The van der Waals surface area contributed by atoms with Crippen LogP contribution in [0.25, 0.3) is 11.1 Å². The molecule has 1 saturated heterocycles. The van der Waals surface area contributed by atoms with Crippen LogP contribution in [0, 0.1) is 11.6 Å². The number of amides is 2. The maximum atomic E-state index is 13.8. The van der Waals surface area contributed by atoms with Gasteiger partial charge in [0, 0.05) is 30.5 Å². The fraction of sp³-hybridized carbons (Fsp3) is 0.259. The Kier molecular flexibility index (Phi) is 6.82. The van der Waals surface area contributed by atoms with Crippen molar-refractivity contribution in [1.29, 1.82) is 0 Å². The predicted molar refractivity (Wildman–Crippen MR) is 123 cm³/mol. The van der Waals surface area contributed by atoms with Gasteiger partial charge in [0.1, 0.15) is 11.6 Å². The van der Waals surface area contributed by atoms with E-state index in [0.29, 0.717) is 25.7 Å². The molecule has 2 N–H and O–H groups in total. The first-order valence-electron chi connectivity index (χ1n) is 11.1. The highest BCUT2D eigenvalue weighted by molar-refractivity contribution is 5.80. The van der Waals surface area contributed by atoms with Gasteiger partial charge >= 0.3 is 0 Å². The van der Waals surface area contributed by atoms with Crippen molar-refractivity contribution < 1.29 is 18.4 Å². The van der Waals surface area contributed by atoms with Crippen molar-refractivity contribution >= 4 is 11.8 Å². The van der Waals surface area contributed by atoms with Crippen molar-refractivity contribution in [3.63, 3.8) is 0 Å². The summed E-state index contributed by atoms with van der Waals surface area (Å²) in [6, 6.07) is 21.5. The minimum atomic E-state index is -0.560. The van der Waals surface area contributed by atoms with E-state index in [4.69, 9.17) is 0 Å². The van der Waals surface area contributed by atoms with Gasteiger partial charge in [-0.1, -0.05) is 54.6 Å². The second-order valence-electron chi connectivity index (χ2n) is 8.58. The lowest BCUT2D eigenvalue weighted by molar-refractivity contribution is -0.122. The summed E-state index contributed by atoms with van der Waals surface area (Å²) in [6.45, 7) is -0.0806. The highest BCUT2D eigenvalue weighted by Gasteiger charge is 2.37. The molecule has 1 heterocycles. The second-order valence-corrected chi connectivity index (χ2v) is 8.58. The molecule has 2 amide bonds. The molecular weight excluding hydrogens is 422 g/mol. The molecule has 0 aromatic heterocycles. The molecule has 4 rings (SSSR count). The van der Waals surface area contributed by atoms with Gasteiger partial charge in [-0.15, -0.1) is 0 Å². The Bertz CT molecular complexity index is 1130. The van der Waals surface area contributed by atoms with Gasteiger partial charge in [0.25, 0.3) is 0 Å². The lowest BCUT2D eigenvalue weighted by atomic mass is 9.84. The molecule has 3 aromatic rings. The lowest BCUT2D eigenvalue weighted by Gasteiger charge is -2.29. The largest absolute Gasteiger partial charge is 0.352 e. The molecule has 0 radical (unpaired) electrons. The molecule has 3 aromatic carbocycles. The van der Waals surface area contributed by atoms with Crippen LogP contribution in [0.15, 0.2) is 72.8 Å². The number of hydrogen-bond donors (Lipinski definition) is 2. The molecule has 4 nitrogen and oxygen atoms in total. The van der Waals surface area contributed by atoms with Crippen LogP contribution in [0.2, 0.25) is 0 Å². The Morgan fingerprint density at radius 1 is 0.970 bits per heavy atom. The van der Waals surface area contributed by atoms with Crippen LogP contribution < -0.4 is 10.6 Å². The third kappa shape index (κ3) is 5.83. The molecule has 1 aliphatic rings. The van der Waals surface area contributed by atoms with Crippen LogP contribution in [0.3, 0.4) is 0 Å². The van der Waals surface area contributed by atoms with Gasteiger partial charge in [-0.05, 0) is 54.2 Å². The van der Waals surface area contributed by atoms with Gasteiger partial charge < -0.3 is 10.6 Å². The number of benzene rings is 3. The standard InChI is InChI=1S/C27H26F2N2O2/c28-23-10-11-24(29)22(16-23)18-30-25(32)12-14-27(15-13-26(33)31-27)17-19-6-8-21(9-7-19)20-4-2-1-3-5-20/h1-11,16H,12-15,17-18H2,(H,30,32)(H,31,33)/t27-/m1/s1. The summed E-state index contributed by atoms with van der Waals surface area (Å²) in [5.41, 5.74) is 2.95. The number of hydrogen-bond acceptors (Lipinski definition) is 2. The van der Waals surface area contributed by atoms with Gasteiger partial charge in [-0.25, -0.2) is 8.78 Å². The third-order valence-electron chi connectivity index (χ3n) is 6.15. The number of carbonyl (C=O) groups is 2. The molecule has 1 aliphatic heterocycles. The zero-order chi connectivity index (χ0) is 23.3. The van der Waals surface area contributed by atoms with Crippen molar-refractivity contribution in [2.24, 2.45) is 0 Å². The van der Waals surface area contributed by atoms with Crippen molar-refractivity contribution in [1.82, 2.24) is 10.6 Å². The average Bonchev–Trinajstić information content (AvgIpc) is 3.19. The van der Waals surface area contributed by atoms with Gasteiger partial charge in [-0.3, -0.25) is 9.59 Å². The SMILES string of the molecule is O=C(CC[C@]1(Cc2ccc(-c3ccccc3)cc2)CCC(=O)N1)NCc1cc(F)ccc1F. The quantitative estimate of drug-likeness (QED) is 0.514. The Balaban J connectivity index is 1.37. The topological polar surface area (TPSA) is 58.2 Å². The minimum Gasteiger partial charge on any atom is -0.352 e. The monoisotopic (exact) mass is 448 g/mol. The average molecular weight is 449 g/mol. The molecule has 6 heteroatoms. The van der Waals surface area contributed by atoms with Crippen molar-refractivity contribution in [2.45, 2.75) is 44.2 Å². The highest BCUT2D eigenvalue weighted by Crippen LogP contribution is 2.30. The van der Waals surface area contributed by atoms with Gasteiger partial charge in [0.15, 0.2) is 0 Å². The maximum absolute atomic E-state index is 13.8. The number of halogens is 2. The first-order valence-corrected chi connectivity index (χ1v) is 11.1. The van der Waals surface area contributed by atoms with E-state index in [1.807, 2.05) is 18.2 Å². The molecule has 0 spiro atoms. The first-order chi connectivity index (χ1) is 15.9. The zero-order valence-corrected chi connectivity index (χ0v) is 18.2. The molecule has 0 saturated carbocycles. The van der Waals surface area contributed by atoms with Gasteiger partial charge in [-0.2, -0.15) is 0 Å². The van der Waals surface area contributed by atoms with Crippen LogP contribution in [-0.4, -0.2) is 17.4 Å². The van der Waals surface area contributed by atoms with Crippen LogP contribution in [-0.2, 0) is 22.6 Å². The summed E-state index contributed by atoms with van der Waals surface area (Å²) < 4.78 is 27.1. The Labute approximate surface area is 192 Å². The minimum absolute atomic E-state index is 0.0156. The number of rotatable bonds is 8. The number of nitrogens with one attached hydrogen (secondary N) is 2. The second kappa shape index (κ2) is 9.94. The van der Waals surface area contributed by atoms with Crippen LogP contribution >= 0.6 is 0 Å². The fourth-order valence-corrected chi connectivity index (χ4v) is 4.33. The smallest absolute Gasteiger partial charge is 0.220 e. The van der Waals surface area contributed by atoms with E-state index in [1.54, 1.807) is 0 Å². The summed E-state index contributed by atoms with van der Waals surface area (Å²) in [4.78, 5) is 24.4. The van der Waals surface area contributed by atoms with E-state index in [2.05, 4.69) is 47.0 Å². The van der Waals surface area contributed by atoms with E-state index in [9.17, 15) is 18.4 Å². The Morgan fingerprint density at radius 2 is 1.70 bits per heavy atom. The van der Waals surface area contributed by atoms with Crippen molar-refractivity contribution in [3.8, 4) is 11.1 Å². The van der Waals surface area contributed by atoms with Crippen molar-refractivity contribution in [2.75, 3.05) is 0 Å². The number of carbonyl (C=O) groups excluding carboxylic acids is 2. The molecule has 1 fully saturated rings. The van der Waals surface area contributed by atoms with Crippen LogP contribution in [0.1, 0.15) is 36.8 Å². The maximum Gasteiger partial charge on any atom is 0.220 e. The van der Waals surface area contributed by atoms with E-state index in [1.165, 1.54) is 0 Å². The molecular formula is C27H26F2N2O2. The van der Waals surface area contributed by atoms with Gasteiger partial charge in [0.2, 0.25) is 11.8 Å². The Hall–Kier alpha value is -3.54. The molecule has 1 atom stereocenters. The molecule has 0 bridgehead atoms. The van der Waals surface area contributed by atoms with E-state index in [0.717, 1.165) is 34.9 Å². The van der Waals surface area contributed by atoms with E-state index >= 15 is 0 Å². The summed E-state index contributed by atoms with van der Waals surface area (Å²) in [7, 11) is 0. The van der Waals surface area contributed by atoms with Crippen LogP contribution in [0.4, 0.5) is 8.78 Å². The van der Waals surface area contributed by atoms with E-state index in [-0.39, 0.29) is 30.3 Å². The van der Waals surface area contributed by atoms with Crippen molar-refractivity contribution in [3.05, 3.63) is 95.6 Å². The molecule has 33 heavy (non-hydrogen) atoms. The lowest BCUT2D eigenvalue weighted by Crippen LogP contribution is -2.44. The summed E-state index contributed by atoms with van der Waals surface area (Å²) in [6.07, 6.45) is 2.35. The van der Waals surface area contributed by atoms with E-state index < -0.39 is 17.2 Å². The van der Waals surface area contributed by atoms with Gasteiger partial charge in [0.05, 0.1) is 0 Å². The fourth-order valence-electron chi connectivity index (χ4n) is 4.33. The molecule has 170 valence electrons. The van der Waals surface area contributed by atoms with Crippen LogP contribution in [0.5, 0.6) is 0 Å².